The van der Waals surface area contributed by atoms with Gasteiger partial charge in [-0.25, -0.2) is 8.78 Å². The summed E-state index contributed by atoms with van der Waals surface area (Å²) in [7, 11) is 0. The molecule has 2 nitrogen and oxygen atoms in total. The quantitative estimate of drug-likeness (QED) is 0.819. The number of thioether (sulfide) groups is 1. The standard InChI is InChI=1S/C14H19F2NOS/c1-3-19-9-10(2)4-7-14(18)17-13-8-11(15)5-6-12(13)16/h5-6,8,10H,3-4,7,9H2,1-2H3,(H,17,18). The highest BCUT2D eigenvalue weighted by molar-refractivity contribution is 7.99. The summed E-state index contributed by atoms with van der Waals surface area (Å²) in [6.07, 6.45) is 1.07. The van der Waals surface area contributed by atoms with E-state index in [9.17, 15) is 13.6 Å². The van der Waals surface area contributed by atoms with Crippen molar-refractivity contribution in [3.8, 4) is 0 Å². The molecular weight excluding hydrogens is 268 g/mol. The van der Waals surface area contributed by atoms with E-state index in [0.717, 1.165) is 36.1 Å². The van der Waals surface area contributed by atoms with E-state index in [1.165, 1.54) is 0 Å². The number of benzene rings is 1. The topological polar surface area (TPSA) is 29.1 Å². The van der Waals surface area contributed by atoms with E-state index in [2.05, 4.69) is 19.2 Å². The van der Waals surface area contributed by atoms with Crippen LogP contribution in [0.25, 0.3) is 0 Å². The minimum Gasteiger partial charge on any atom is -0.324 e. The lowest BCUT2D eigenvalue weighted by Crippen LogP contribution is -2.14. The molecule has 5 heteroatoms. The van der Waals surface area contributed by atoms with E-state index in [-0.39, 0.29) is 11.6 Å². The van der Waals surface area contributed by atoms with Crippen molar-refractivity contribution in [2.24, 2.45) is 5.92 Å². The lowest BCUT2D eigenvalue weighted by atomic mass is 10.1. The molecule has 1 rings (SSSR count). The molecule has 19 heavy (non-hydrogen) atoms. The molecule has 0 heterocycles. The maximum atomic E-state index is 13.3. The number of rotatable bonds is 7. The molecule has 0 aliphatic heterocycles. The minimum absolute atomic E-state index is 0.0967. The normalized spacial score (nSPS) is 12.2. The summed E-state index contributed by atoms with van der Waals surface area (Å²) in [4.78, 5) is 11.6. The Morgan fingerprint density at radius 3 is 2.84 bits per heavy atom. The van der Waals surface area contributed by atoms with Gasteiger partial charge in [0.25, 0.3) is 0 Å². The first-order valence-electron chi connectivity index (χ1n) is 6.35. The van der Waals surface area contributed by atoms with Gasteiger partial charge in [-0.3, -0.25) is 4.79 Å². The summed E-state index contributed by atoms with van der Waals surface area (Å²) in [5, 5.41) is 2.40. The first-order chi connectivity index (χ1) is 9.02. The molecule has 1 amide bonds. The van der Waals surface area contributed by atoms with Crippen LogP contribution in [-0.4, -0.2) is 17.4 Å². The second-order valence-electron chi connectivity index (χ2n) is 4.48. The molecule has 0 radical (unpaired) electrons. The lowest BCUT2D eigenvalue weighted by molar-refractivity contribution is -0.116. The summed E-state index contributed by atoms with van der Waals surface area (Å²) >= 11 is 1.83. The third kappa shape index (κ3) is 6.05. The highest BCUT2D eigenvalue weighted by atomic mass is 32.2. The predicted octanol–water partition coefficient (Wildman–Crippen LogP) is 4.07. The summed E-state index contributed by atoms with van der Waals surface area (Å²) in [5.41, 5.74) is -0.0967. The Morgan fingerprint density at radius 2 is 2.16 bits per heavy atom. The second-order valence-corrected chi connectivity index (χ2v) is 5.79. The van der Waals surface area contributed by atoms with Crippen molar-refractivity contribution < 1.29 is 13.6 Å². The zero-order valence-corrected chi connectivity index (χ0v) is 12.0. The zero-order valence-electron chi connectivity index (χ0n) is 11.2. The number of halogens is 2. The first kappa shape index (κ1) is 16.0. The first-order valence-corrected chi connectivity index (χ1v) is 7.51. The number of nitrogens with one attached hydrogen (secondary N) is 1. The third-order valence-electron chi connectivity index (χ3n) is 2.67. The van der Waals surface area contributed by atoms with Gasteiger partial charge in [-0.1, -0.05) is 13.8 Å². The van der Waals surface area contributed by atoms with Crippen LogP contribution in [0, 0.1) is 17.6 Å². The SMILES string of the molecule is CCSCC(C)CCC(=O)Nc1cc(F)ccc1F. The molecule has 106 valence electrons. The van der Waals surface area contributed by atoms with Gasteiger partial charge in [0.15, 0.2) is 0 Å². The van der Waals surface area contributed by atoms with Crippen LogP contribution in [0.15, 0.2) is 18.2 Å². The molecule has 0 fully saturated rings. The zero-order chi connectivity index (χ0) is 14.3. The van der Waals surface area contributed by atoms with Gasteiger partial charge in [-0.2, -0.15) is 11.8 Å². The lowest BCUT2D eigenvalue weighted by Gasteiger charge is -2.11. The summed E-state index contributed by atoms with van der Waals surface area (Å²) in [6.45, 7) is 4.18. The molecule has 0 saturated carbocycles. The maximum Gasteiger partial charge on any atom is 0.224 e. The molecule has 1 unspecified atom stereocenters. The van der Waals surface area contributed by atoms with Gasteiger partial charge < -0.3 is 5.32 Å². The fourth-order valence-electron chi connectivity index (χ4n) is 1.59. The Labute approximate surface area is 117 Å². The van der Waals surface area contributed by atoms with Crippen LogP contribution in [0.4, 0.5) is 14.5 Å². The number of hydrogen-bond acceptors (Lipinski definition) is 2. The summed E-state index contributed by atoms with van der Waals surface area (Å²) in [5.74, 6) is 1.04. The number of hydrogen-bond donors (Lipinski definition) is 1. The maximum absolute atomic E-state index is 13.3. The van der Waals surface area contributed by atoms with Crippen molar-refractivity contribution in [2.45, 2.75) is 26.7 Å². The van der Waals surface area contributed by atoms with Gasteiger partial charge in [0, 0.05) is 12.5 Å². The van der Waals surface area contributed by atoms with Crippen LogP contribution in [0.5, 0.6) is 0 Å². The van der Waals surface area contributed by atoms with Gasteiger partial charge in [0.1, 0.15) is 11.6 Å². The Kier molecular flexibility index (Phi) is 6.84. The van der Waals surface area contributed by atoms with Crippen LogP contribution < -0.4 is 5.32 Å². The molecule has 0 aliphatic carbocycles. The molecule has 1 atom stereocenters. The molecule has 1 N–H and O–H groups in total. The van der Waals surface area contributed by atoms with Gasteiger partial charge in [0.2, 0.25) is 5.91 Å². The van der Waals surface area contributed by atoms with Crippen molar-refractivity contribution in [2.75, 3.05) is 16.8 Å². The number of carbonyl (C=O) groups excluding carboxylic acids is 1. The van der Waals surface area contributed by atoms with E-state index in [4.69, 9.17) is 0 Å². The van der Waals surface area contributed by atoms with Crippen molar-refractivity contribution in [1.82, 2.24) is 0 Å². The van der Waals surface area contributed by atoms with Crippen molar-refractivity contribution in [3.05, 3.63) is 29.8 Å². The third-order valence-corrected chi connectivity index (χ3v) is 3.89. The van der Waals surface area contributed by atoms with Crippen molar-refractivity contribution in [1.29, 1.82) is 0 Å². The van der Waals surface area contributed by atoms with E-state index in [0.29, 0.717) is 12.3 Å². The van der Waals surface area contributed by atoms with Gasteiger partial charge in [0.05, 0.1) is 5.69 Å². The average molecular weight is 287 g/mol. The van der Waals surface area contributed by atoms with E-state index < -0.39 is 11.6 Å². The van der Waals surface area contributed by atoms with E-state index >= 15 is 0 Å². The minimum atomic E-state index is -0.621. The Bertz CT molecular complexity index is 426. The van der Waals surface area contributed by atoms with Crippen LogP contribution >= 0.6 is 11.8 Å². The molecule has 0 aromatic heterocycles. The molecule has 1 aromatic rings. The van der Waals surface area contributed by atoms with Gasteiger partial charge in [-0.15, -0.1) is 0 Å². The Morgan fingerprint density at radius 1 is 1.42 bits per heavy atom. The fraction of sp³-hybridized carbons (Fsp3) is 0.500. The molecule has 1 aromatic carbocycles. The highest BCUT2D eigenvalue weighted by Gasteiger charge is 2.10. The fourth-order valence-corrected chi connectivity index (χ4v) is 2.39. The summed E-state index contributed by atoms with van der Waals surface area (Å²) < 4.78 is 26.2. The van der Waals surface area contributed by atoms with Crippen LogP contribution in [0.1, 0.15) is 26.7 Å². The smallest absolute Gasteiger partial charge is 0.224 e. The predicted molar refractivity (Wildman–Crippen MR) is 76.4 cm³/mol. The van der Waals surface area contributed by atoms with E-state index in [1.807, 2.05) is 11.8 Å². The molecule has 0 bridgehead atoms. The number of carbonyl (C=O) groups is 1. The number of amides is 1. The van der Waals surface area contributed by atoms with Crippen molar-refractivity contribution >= 4 is 23.4 Å². The Hall–Kier alpha value is -1.10. The molecule has 0 saturated heterocycles. The van der Waals surface area contributed by atoms with Crippen molar-refractivity contribution in [3.63, 3.8) is 0 Å². The largest absolute Gasteiger partial charge is 0.324 e. The highest BCUT2D eigenvalue weighted by Crippen LogP contribution is 2.17. The number of anilines is 1. The van der Waals surface area contributed by atoms with E-state index in [1.54, 1.807) is 0 Å². The van der Waals surface area contributed by atoms with Crippen LogP contribution in [0.2, 0.25) is 0 Å². The monoisotopic (exact) mass is 287 g/mol. The average Bonchev–Trinajstić information content (AvgIpc) is 2.38. The summed E-state index contributed by atoms with van der Waals surface area (Å²) in [6, 6.07) is 3.02. The van der Waals surface area contributed by atoms with Crippen LogP contribution in [-0.2, 0) is 4.79 Å². The molecular formula is C14H19F2NOS. The second kappa shape index (κ2) is 8.15. The van der Waals surface area contributed by atoms with Crippen LogP contribution in [0.3, 0.4) is 0 Å². The molecule has 0 spiro atoms. The van der Waals surface area contributed by atoms with Gasteiger partial charge in [-0.05, 0) is 36.0 Å². The molecule has 0 aliphatic rings. The Balaban J connectivity index is 2.40. The van der Waals surface area contributed by atoms with Gasteiger partial charge >= 0.3 is 0 Å².